The zero-order chi connectivity index (χ0) is 29.4. The maximum absolute atomic E-state index is 14.4. The highest BCUT2D eigenvalue weighted by atomic mass is 16.6. The first kappa shape index (κ1) is 28.2. The van der Waals surface area contributed by atoms with E-state index < -0.39 is 87.6 Å². The zero-order valence-electron chi connectivity index (χ0n) is 21.0. The van der Waals surface area contributed by atoms with Crippen LogP contribution in [0, 0.1) is 28.6 Å². The summed E-state index contributed by atoms with van der Waals surface area (Å²) in [5.74, 6) is -11.6. The smallest absolute Gasteiger partial charge is 0.235 e. The number of aliphatic hydroxyl groups excluding tert-OH is 1. The number of phenols is 1. The number of likely N-dealkylation sites (N-methyl/N-ethyl adjacent to an activating group) is 1. The molecule has 0 aromatic heterocycles. The SMILES string of the molecule is C=CC(O)O[C@H]1[C@@]2(N)C(C(=O)c3c(O)cccc3[C@@H]2N)C(=O)[C@]2(C#N)C(=O)C(C(N)=O)C(=O)[C@@H](N(C)C)[C@]12N. The topological polar surface area (TPSA) is 266 Å². The van der Waals surface area contributed by atoms with E-state index in [0.29, 0.717) is 0 Å². The lowest BCUT2D eigenvalue weighted by Crippen LogP contribution is -2.92. The van der Waals surface area contributed by atoms with Crippen LogP contribution in [0.15, 0.2) is 30.9 Å². The number of ether oxygens (including phenoxy) is 1. The number of carbonyl (C=O) groups excluding carboxylic acids is 5. The number of benzene rings is 1. The Kier molecular flexibility index (Phi) is 6.39. The first-order chi connectivity index (χ1) is 18.1. The van der Waals surface area contributed by atoms with Gasteiger partial charge in [-0.15, -0.1) is 0 Å². The van der Waals surface area contributed by atoms with E-state index in [-0.39, 0.29) is 11.1 Å². The minimum Gasteiger partial charge on any atom is -0.507 e. The highest BCUT2D eigenvalue weighted by molar-refractivity contribution is 6.33. The van der Waals surface area contributed by atoms with Gasteiger partial charge in [-0.3, -0.25) is 28.9 Å². The predicted octanol–water partition coefficient (Wildman–Crippen LogP) is -3.23. The highest BCUT2D eigenvalue weighted by Gasteiger charge is 2.83. The van der Waals surface area contributed by atoms with Crippen LogP contribution in [0.1, 0.15) is 22.0 Å². The number of carbonyl (C=O) groups is 5. The van der Waals surface area contributed by atoms with Crippen molar-refractivity contribution in [2.75, 3.05) is 14.1 Å². The molecule has 10 N–H and O–H groups in total. The minimum atomic E-state index is -3.11. The Labute approximate surface area is 222 Å². The Bertz CT molecular complexity index is 1390. The maximum atomic E-state index is 14.4. The molecule has 206 valence electrons. The van der Waals surface area contributed by atoms with Crippen molar-refractivity contribution in [1.29, 1.82) is 5.26 Å². The van der Waals surface area contributed by atoms with Crippen molar-refractivity contribution in [2.45, 2.75) is 35.6 Å². The standard InChI is InChI=1S/C25H28N6O8/c1-4-11(33)39-22-24(29)14(15(34)12-9(17(24)27)6-5-7-10(12)32)20(37)23(8-26)19(36)13(21(28)38)16(35)18(31(2)3)25(22,23)30/h4-7,11,13-14,17-18,22,32-33H,1,27,29-30H2,2-3H3,(H2,28,38)/t11?,13?,14?,17-,18+,22-,23-,24+,25-/m0/s1. The third kappa shape index (κ3) is 3.13. The van der Waals surface area contributed by atoms with Crippen LogP contribution in [0.4, 0.5) is 0 Å². The number of hydrogen-bond donors (Lipinski definition) is 6. The number of Topliss-reactive ketones (excluding diaryl/α,β-unsaturated/α-hetero) is 4. The summed E-state index contributed by atoms with van der Waals surface area (Å²) in [5, 5.41) is 31.5. The summed E-state index contributed by atoms with van der Waals surface area (Å²) < 4.78 is 5.74. The molecule has 9 atom stereocenters. The van der Waals surface area contributed by atoms with E-state index in [2.05, 4.69) is 6.58 Å². The number of nitrogens with zero attached hydrogens (tertiary/aromatic N) is 2. The fraction of sp³-hybridized carbons (Fsp3) is 0.440. The lowest BCUT2D eigenvalue weighted by atomic mass is 9.41. The second-order valence-electron chi connectivity index (χ2n) is 10.3. The summed E-state index contributed by atoms with van der Waals surface area (Å²) in [6.07, 6.45) is -3.04. The van der Waals surface area contributed by atoms with Crippen LogP contribution in [0.3, 0.4) is 0 Å². The molecule has 0 spiro atoms. The van der Waals surface area contributed by atoms with Crippen molar-refractivity contribution in [3.63, 3.8) is 0 Å². The summed E-state index contributed by atoms with van der Waals surface area (Å²) in [5.41, 5.74) is 17.0. The van der Waals surface area contributed by atoms with E-state index in [0.717, 1.165) is 11.0 Å². The Morgan fingerprint density at radius 2 is 1.85 bits per heavy atom. The molecule has 39 heavy (non-hydrogen) atoms. The molecule has 14 heteroatoms. The van der Waals surface area contributed by atoms with Gasteiger partial charge in [-0.2, -0.15) is 5.26 Å². The molecule has 0 bridgehead atoms. The van der Waals surface area contributed by atoms with E-state index in [1.807, 2.05) is 0 Å². The van der Waals surface area contributed by atoms with Crippen LogP contribution in [-0.4, -0.2) is 87.8 Å². The van der Waals surface area contributed by atoms with Gasteiger partial charge in [0, 0.05) is 0 Å². The summed E-state index contributed by atoms with van der Waals surface area (Å²) in [4.78, 5) is 69.3. The molecule has 1 amide bonds. The highest BCUT2D eigenvalue weighted by Crippen LogP contribution is 2.59. The van der Waals surface area contributed by atoms with Crippen LogP contribution >= 0.6 is 0 Å². The molecule has 1 aromatic carbocycles. The van der Waals surface area contributed by atoms with Crippen molar-refractivity contribution in [2.24, 2.45) is 40.2 Å². The average molecular weight is 541 g/mol. The fourth-order valence-electron chi connectivity index (χ4n) is 6.61. The molecule has 2 saturated carbocycles. The second-order valence-corrected chi connectivity index (χ2v) is 10.3. The molecule has 3 aliphatic carbocycles. The lowest BCUT2D eigenvalue weighted by molar-refractivity contribution is -0.214. The number of nitriles is 1. The first-order valence-corrected chi connectivity index (χ1v) is 11.7. The molecule has 14 nitrogen and oxygen atoms in total. The Hall–Kier alpha value is -3.84. The Morgan fingerprint density at radius 3 is 2.36 bits per heavy atom. The lowest BCUT2D eigenvalue weighted by Gasteiger charge is -2.65. The van der Waals surface area contributed by atoms with Gasteiger partial charge < -0.3 is 37.9 Å². The van der Waals surface area contributed by atoms with Gasteiger partial charge in [0.05, 0.1) is 29.3 Å². The molecule has 4 rings (SSSR count). The molecule has 3 unspecified atom stereocenters. The number of nitrogens with two attached hydrogens (primary N) is 4. The molecule has 0 radical (unpaired) electrons. The van der Waals surface area contributed by atoms with Crippen molar-refractivity contribution >= 4 is 29.0 Å². The van der Waals surface area contributed by atoms with E-state index in [9.17, 15) is 39.4 Å². The van der Waals surface area contributed by atoms with Gasteiger partial charge in [0.1, 0.15) is 23.3 Å². The number of amides is 1. The third-order valence-electron chi connectivity index (χ3n) is 8.21. The van der Waals surface area contributed by atoms with Crippen molar-refractivity contribution < 1.29 is 38.9 Å². The molecular weight excluding hydrogens is 512 g/mol. The van der Waals surface area contributed by atoms with E-state index in [1.165, 1.54) is 32.3 Å². The molecule has 0 heterocycles. The van der Waals surface area contributed by atoms with Crippen LogP contribution < -0.4 is 22.9 Å². The monoisotopic (exact) mass is 540 g/mol. The van der Waals surface area contributed by atoms with Gasteiger partial charge in [0.25, 0.3) is 0 Å². The number of ketones is 4. The van der Waals surface area contributed by atoms with Gasteiger partial charge in [-0.05, 0) is 31.8 Å². The third-order valence-corrected chi connectivity index (χ3v) is 8.21. The van der Waals surface area contributed by atoms with Gasteiger partial charge in [0.15, 0.2) is 40.8 Å². The summed E-state index contributed by atoms with van der Waals surface area (Å²) in [7, 11) is 2.65. The molecule has 0 saturated heterocycles. The molecule has 1 aromatic rings. The largest absolute Gasteiger partial charge is 0.507 e. The van der Waals surface area contributed by atoms with E-state index in [1.54, 1.807) is 6.07 Å². The van der Waals surface area contributed by atoms with Gasteiger partial charge in [0.2, 0.25) is 5.91 Å². The zero-order valence-corrected chi connectivity index (χ0v) is 21.0. The van der Waals surface area contributed by atoms with Crippen LogP contribution in [0.5, 0.6) is 5.75 Å². The molecule has 3 aliphatic rings. The van der Waals surface area contributed by atoms with E-state index >= 15 is 0 Å². The van der Waals surface area contributed by atoms with Crippen molar-refractivity contribution in [3.8, 4) is 11.8 Å². The first-order valence-electron chi connectivity index (χ1n) is 11.7. The van der Waals surface area contributed by atoms with Crippen LogP contribution in [0.2, 0.25) is 0 Å². The summed E-state index contributed by atoms with van der Waals surface area (Å²) in [6, 6.07) is 2.17. The number of rotatable bonds is 5. The number of aromatic hydroxyl groups is 1. The number of hydrogen-bond acceptors (Lipinski definition) is 13. The molecule has 2 fully saturated rings. The van der Waals surface area contributed by atoms with Crippen LogP contribution in [0.25, 0.3) is 0 Å². The minimum absolute atomic E-state index is 0.00817. The Morgan fingerprint density at radius 1 is 1.23 bits per heavy atom. The fourth-order valence-corrected chi connectivity index (χ4v) is 6.61. The number of primary amides is 1. The van der Waals surface area contributed by atoms with Gasteiger partial charge in [-0.25, -0.2) is 0 Å². The van der Waals surface area contributed by atoms with E-state index in [4.69, 9.17) is 27.7 Å². The predicted molar refractivity (Wildman–Crippen MR) is 131 cm³/mol. The number of phenolic OH excluding ortho intramolecular Hbond substituents is 1. The summed E-state index contributed by atoms with van der Waals surface area (Å²) >= 11 is 0. The number of fused-ring (bicyclic) bond motifs is 3. The summed E-state index contributed by atoms with van der Waals surface area (Å²) in [6.45, 7) is 3.41. The number of aliphatic hydroxyl groups is 1. The van der Waals surface area contributed by atoms with Crippen molar-refractivity contribution in [1.82, 2.24) is 4.90 Å². The van der Waals surface area contributed by atoms with Gasteiger partial charge >= 0.3 is 0 Å². The van der Waals surface area contributed by atoms with Crippen LogP contribution in [-0.2, 0) is 23.9 Å². The maximum Gasteiger partial charge on any atom is 0.235 e. The Balaban J connectivity index is 2.19. The second kappa shape index (κ2) is 8.85. The average Bonchev–Trinajstić information content (AvgIpc) is 2.84. The van der Waals surface area contributed by atoms with Crippen molar-refractivity contribution in [3.05, 3.63) is 42.0 Å². The van der Waals surface area contributed by atoms with Gasteiger partial charge in [-0.1, -0.05) is 18.7 Å². The normalized spacial score (nSPS) is 38.4. The quantitative estimate of drug-likeness (QED) is 0.122. The molecule has 0 aliphatic heterocycles. The molecular formula is C25H28N6O8.